The highest BCUT2D eigenvalue weighted by atomic mass is 16.5. The third kappa shape index (κ3) is 3.32. The van der Waals surface area contributed by atoms with E-state index in [1.54, 1.807) is 0 Å². The highest BCUT2D eigenvalue weighted by Gasteiger charge is 2.32. The van der Waals surface area contributed by atoms with Crippen molar-refractivity contribution in [2.24, 2.45) is 5.92 Å². The van der Waals surface area contributed by atoms with Crippen LogP contribution >= 0.6 is 0 Å². The fraction of sp³-hybridized carbons (Fsp3) is 0.684. The standard InChI is InChI=1S/C19H29NO/c1-3-14-7-6-9-16(13-14)21-18-12-11-15-8-4-5-10-17(15)19(18)20-2/h4-5,8,10,14,16,18-20H,3,6-7,9,11-13H2,1-2H3. The van der Waals surface area contributed by atoms with Crippen LogP contribution in [0.5, 0.6) is 0 Å². The van der Waals surface area contributed by atoms with Crippen molar-refractivity contribution in [1.82, 2.24) is 5.32 Å². The van der Waals surface area contributed by atoms with Crippen molar-refractivity contribution in [1.29, 1.82) is 0 Å². The van der Waals surface area contributed by atoms with Gasteiger partial charge in [-0.15, -0.1) is 0 Å². The van der Waals surface area contributed by atoms with Crippen LogP contribution in [0.3, 0.4) is 0 Å². The predicted molar refractivity (Wildman–Crippen MR) is 87.5 cm³/mol. The molecule has 2 heteroatoms. The van der Waals surface area contributed by atoms with Gasteiger partial charge in [-0.3, -0.25) is 0 Å². The van der Waals surface area contributed by atoms with E-state index in [1.165, 1.54) is 43.2 Å². The lowest BCUT2D eigenvalue weighted by Crippen LogP contribution is -2.39. The van der Waals surface area contributed by atoms with E-state index in [4.69, 9.17) is 4.74 Å². The van der Waals surface area contributed by atoms with E-state index in [2.05, 4.69) is 43.6 Å². The van der Waals surface area contributed by atoms with Gasteiger partial charge in [0, 0.05) is 0 Å². The molecular weight excluding hydrogens is 258 g/mol. The maximum absolute atomic E-state index is 6.56. The van der Waals surface area contributed by atoms with Crippen LogP contribution in [-0.4, -0.2) is 19.3 Å². The second-order valence-corrected chi connectivity index (χ2v) is 6.74. The molecule has 0 aromatic heterocycles. The first-order valence-corrected chi connectivity index (χ1v) is 8.72. The first-order chi connectivity index (χ1) is 10.3. The Morgan fingerprint density at radius 2 is 2.05 bits per heavy atom. The van der Waals surface area contributed by atoms with Crippen LogP contribution in [0.25, 0.3) is 0 Å². The minimum Gasteiger partial charge on any atom is -0.373 e. The largest absolute Gasteiger partial charge is 0.373 e. The number of nitrogens with one attached hydrogen (secondary N) is 1. The van der Waals surface area contributed by atoms with Gasteiger partial charge in [0.2, 0.25) is 0 Å². The van der Waals surface area contributed by atoms with Crippen molar-refractivity contribution in [3.05, 3.63) is 35.4 Å². The topological polar surface area (TPSA) is 21.3 Å². The van der Waals surface area contributed by atoms with Crippen molar-refractivity contribution in [3.8, 4) is 0 Å². The number of fused-ring (bicyclic) bond motifs is 1. The molecule has 21 heavy (non-hydrogen) atoms. The summed E-state index contributed by atoms with van der Waals surface area (Å²) in [5.74, 6) is 0.882. The molecule has 4 atom stereocenters. The molecule has 0 heterocycles. The Balaban J connectivity index is 1.68. The van der Waals surface area contributed by atoms with Crippen molar-refractivity contribution < 1.29 is 4.74 Å². The third-order valence-corrected chi connectivity index (χ3v) is 5.45. The summed E-state index contributed by atoms with van der Waals surface area (Å²) in [6.45, 7) is 2.32. The number of likely N-dealkylation sites (N-methyl/N-ethyl adjacent to an activating group) is 1. The number of ether oxygens (including phenoxy) is 1. The van der Waals surface area contributed by atoms with E-state index < -0.39 is 0 Å². The molecule has 1 aromatic rings. The molecule has 0 bridgehead atoms. The lowest BCUT2D eigenvalue weighted by atomic mass is 9.83. The van der Waals surface area contributed by atoms with Gasteiger partial charge < -0.3 is 10.1 Å². The Morgan fingerprint density at radius 1 is 1.19 bits per heavy atom. The second-order valence-electron chi connectivity index (χ2n) is 6.74. The van der Waals surface area contributed by atoms with Crippen LogP contribution in [0.4, 0.5) is 0 Å². The molecule has 0 saturated heterocycles. The Morgan fingerprint density at radius 3 is 2.86 bits per heavy atom. The molecule has 2 aliphatic carbocycles. The highest BCUT2D eigenvalue weighted by molar-refractivity contribution is 5.33. The average Bonchev–Trinajstić information content (AvgIpc) is 2.55. The van der Waals surface area contributed by atoms with Gasteiger partial charge in [0.1, 0.15) is 0 Å². The smallest absolute Gasteiger partial charge is 0.0776 e. The average molecular weight is 287 g/mol. The van der Waals surface area contributed by atoms with Crippen molar-refractivity contribution in [2.45, 2.75) is 70.1 Å². The number of rotatable bonds is 4. The molecule has 1 saturated carbocycles. The molecule has 1 fully saturated rings. The van der Waals surface area contributed by atoms with Gasteiger partial charge in [0.25, 0.3) is 0 Å². The summed E-state index contributed by atoms with van der Waals surface area (Å²) in [4.78, 5) is 0. The van der Waals surface area contributed by atoms with E-state index >= 15 is 0 Å². The van der Waals surface area contributed by atoms with E-state index in [9.17, 15) is 0 Å². The van der Waals surface area contributed by atoms with Crippen LogP contribution in [0.1, 0.15) is 62.6 Å². The molecular formula is C19H29NO. The molecule has 0 aliphatic heterocycles. The minimum atomic E-state index is 0.338. The Labute approximate surface area is 129 Å². The molecule has 116 valence electrons. The van der Waals surface area contributed by atoms with Gasteiger partial charge in [-0.05, 0) is 49.8 Å². The summed E-state index contributed by atoms with van der Waals surface area (Å²) in [6, 6.07) is 9.20. The van der Waals surface area contributed by atoms with E-state index in [-0.39, 0.29) is 0 Å². The number of hydrogen-bond acceptors (Lipinski definition) is 2. The number of benzene rings is 1. The second kappa shape index (κ2) is 6.93. The monoisotopic (exact) mass is 287 g/mol. The molecule has 2 nitrogen and oxygen atoms in total. The SMILES string of the molecule is CCC1CCCC(OC2CCc3ccccc3C2NC)C1. The van der Waals surface area contributed by atoms with E-state index in [0.717, 1.165) is 18.8 Å². The first-order valence-electron chi connectivity index (χ1n) is 8.72. The zero-order valence-electron chi connectivity index (χ0n) is 13.5. The van der Waals surface area contributed by atoms with Crippen LogP contribution in [-0.2, 0) is 11.2 Å². The third-order valence-electron chi connectivity index (χ3n) is 5.45. The zero-order chi connectivity index (χ0) is 14.7. The van der Waals surface area contributed by atoms with Crippen LogP contribution in [0.15, 0.2) is 24.3 Å². The normalized spacial score (nSPS) is 32.7. The summed E-state index contributed by atoms with van der Waals surface area (Å²) in [7, 11) is 2.07. The molecule has 0 amide bonds. The summed E-state index contributed by atoms with van der Waals surface area (Å²) >= 11 is 0. The summed E-state index contributed by atoms with van der Waals surface area (Å²) in [6.07, 6.45) is 9.70. The number of hydrogen-bond donors (Lipinski definition) is 1. The molecule has 4 unspecified atom stereocenters. The van der Waals surface area contributed by atoms with Crippen molar-refractivity contribution in [2.75, 3.05) is 7.05 Å². The fourth-order valence-corrected chi connectivity index (χ4v) is 4.20. The van der Waals surface area contributed by atoms with Crippen molar-refractivity contribution in [3.63, 3.8) is 0 Å². The Hall–Kier alpha value is -0.860. The van der Waals surface area contributed by atoms with Gasteiger partial charge in [0.05, 0.1) is 18.2 Å². The fourth-order valence-electron chi connectivity index (χ4n) is 4.20. The maximum Gasteiger partial charge on any atom is 0.0776 e. The molecule has 3 rings (SSSR count). The van der Waals surface area contributed by atoms with Gasteiger partial charge in [-0.25, -0.2) is 0 Å². The van der Waals surface area contributed by atoms with E-state index in [0.29, 0.717) is 18.2 Å². The van der Waals surface area contributed by atoms with Gasteiger partial charge in [0.15, 0.2) is 0 Å². The Kier molecular flexibility index (Phi) is 4.97. The molecule has 1 N–H and O–H groups in total. The Bertz CT molecular complexity index is 459. The quantitative estimate of drug-likeness (QED) is 0.894. The minimum absolute atomic E-state index is 0.338. The highest BCUT2D eigenvalue weighted by Crippen LogP contribution is 2.35. The van der Waals surface area contributed by atoms with Gasteiger partial charge in [-0.2, -0.15) is 0 Å². The maximum atomic E-state index is 6.56. The molecule has 0 spiro atoms. The molecule has 0 radical (unpaired) electrons. The lowest BCUT2D eigenvalue weighted by Gasteiger charge is -2.38. The predicted octanol–water partition coefficient (Wildman–Crippen LogP) is 4.25. The zero-order valence-corrected chi connectivity index (χ0v) is 13.5. The van der Waals surface area contributed by atoms with Crippen LogP contribution < -0.4 is 5.32 Å². The first kappa shape index (κ1) is 15.1. The lowest BCUT2D eigenvalue weighted by molar-refractivity contribution is -0.0619. The van der Waals surface area contributed by atoms with Crippen LogP contribution in [0.2, 0.25) is 0 Å². The van der Waals surface area contributed by atoms with Crippen molar-refractivity contribution >= 4 is 0 Å². The summed E-state index contributed by atoms with van der Waals surface area (Å²) in [5, 5.41) is 3.50. The molecule has 1 aromatic carbocycles. The van der Waals surface area contributed by atoms with Crippen LogP contribution in [0, 0.1) is 5.92 Å². The van der Waals surface area contributed by atoms with Gasteiger partial charge >= 0.3 is 0 Å². The van der Waals surface area contributed by atoms with E-state index in [1.807, 2.05) is 0 Å². The number of aryl methyl sites for hydroxylation is 1. The van der Waals surface area contributed by atoms with Gasteiger partial charge in [-0.1, -0.05) is 50.5 Å². The summed E-state index contributed by atoms with van der Waals surface area (Å²) < 4.78 is 6.56. The molecule has 2 aliphatic rings. The summed E-state index contributed by atoms with van der Waals surface area (Å²) in [5.41, 5.74) is 2.94.